The molecular formula is C23H32N2O4S. The SMILES string of the molecule is CC[C@H](C)NS(=O)(=O)c1ccc(OCC(=O)N[C@@H](C)c2cc(C)c(C)cc2C)cc1. The topological polar surface area (TPSA) is 84.5 Å². The van der Waals surface area contributed by atoms with Gasteiger partial charge in [-0.05, 0) is 87.6 Å². The summed E-state index contributed by atoms with van der Waals surface area (Å²) in [5.74, 6) is 0.193. The van der Waals surface area contributed by atoms with Crippen LogP contribution < -0.4 is 14.8 Å². The van der Waals surface area contributed by atoms with Gasteiger partial charge in [-0.25, -0.2) is 13.1 Å². The lowest BCUT2D eigenvalue weighted by Gasteiger charge is -2.18. The zero-order valence-corrected chi connectivity index (χ0v) is 19.4. The fraction of sp³-hybridized carbons (Fsp3) is 0.435. The Labute approximate surface area is 180 Å². The Bertz CT molecular complexity index is 985. The lowest BCUT2D eigenvalue weighted by Crippen LogP contribution is -2.32. The molecule has 0 aromatic heterocycles. The van der Waals surface area contributed by atoms with Crippen LogP contribution in [0.15, 0.2) is 41.3 Å². The third kappa shape index (κ3) is 6.31. The van der Waals surface area contributed by atoms with Crippen LogP contribution in [0.4, 0.5) is 0 Å². The fourth-order valence-corrected chi connectivity index (χ4v) is 4.42. The normalized spacial score (nSPS) is 13.5. The summed E-state index contributed by atoms with van der Waals surface area (Å²) >= 11 is 0. The van der Waals surface area contributed by atoms with Gasteiger partial charge in [0.2, 0.25) is 10.0 Å². The van der Waals surface area contributed by atoms with Crippen LogP contribution in [0.3, 0.4) is 0 Å². The van der Waals surface area contributed by atoms with E-state index in [1.807, 2.05) is 27.7 Å². The molecule has 0 unspecified atom stereocenters. The zero-order valence-electron chi connectivity index (χ0n) is 18.6. The molecule has 0 saturated heterocycles. The Balaban J connectivity index is 1.94. The number of carbonyl (C=O) groups is 1. The van der Waals surface area contributed by atoms with E-state index in [0.29, 0.717) is 12.2 Å². The number of benzene rings is 2. The molecule has 2 aromatic rings. The van der Waals surface area contributed by atoms with E-state index in [0.717, 1.165) is 11.1 Å². The number of sulfonamides is 1. The Morgan fingerprint density at radius 2 is 1.60 bits per heavy atom. The molecule has 0 radical (unpaired) electrons. The first kappa shape index (κ1) is 23.9. The number of amides is 1. The van der Waals surface area contributed by atoms with Gasteiger partial charge in [-0.15, -0.1) is 0 Å². The van der Waals surface area contributed by atoms with Gasteiger partial charge in [-0.1, -0.05) is 19.1 Å². The number of carbonyl (C=O) groups excluding carboxylic acids is 1. The van der Waals surface area contributed by atoms with Crippen molar-refractivity contribution in [1.82, 2.24) is 10.0 Å². The van der Waals surface area contributed by atoms with Crippen LogP contribution in [0.2, 0.25) is 0 Å². The van der Waals surface area contributed by atoms with Crippen molar-refractivity contribution >= 4 is 15.9 Å². The van der Waals surface area contributed by atoms with Crippen LogP contribution in [0.5, 0.6) is 5.75 Å². The molecule has 0 heterocycles. The van der Waals surface area contributed by atoms with Crippen molar-refractivity contribution in [2.75, 3.05) is 6.61 Å². The fourth-order valence-electron chi connectivity index (χ4n) is 3.09. The van der Waals surface area contributed by atoms with Crippen LogP contribution in [0.1, 0.15) is 55.5 Å². The summed E-state index contributed by atoms with van der Waals surface area (Å²) in [6, 6.07) is 9.98. The van der Waals surface area contributed by atoms with Crippen molar-refractivity contribution in [3.63, 3.8) is 0 Å². The molecule has 2 aromatic carbocycles. The summed E-state index contributed by atoms with van der Waals surface area (Å²) in [5, 5.41) is 2.95. The van der Waals surface area contributed by atoms with Crippen molar-refractivity contribution in [2.45, 2.75) is 64.9 Å². The van der Waals surface area contributed by atoms with Crippen LogP contribution >= 0.6 is 0 Å². The van der Waals surface area contributed by atoms with E-state index in [4.69, 9.17) is 4.74 Å². The lowest BCUT2D eigenvalue weighted by molar-refractivity contribution is -0.123. The zero-order chi connectivity index (χ0) is 22.5. The van der Waals surface area contributed by atoms with Crippen molar-refractivity contribution in [2.24, 2.45) is 0 Å². The second-order valence-corrected chi connectivity index (χ2v) is 9.49. The summed E-state index contributed by atoms with van der Waals surface area (Å²) in [6.07, 6.45) is 0.704. The first-order valence-corrected chi connectivity index (χ1v) is 11.6. The van der Waals surface area contributed by atoms with Gasteiger partial charge < -0.3 is 10.1 Å². The number of ether oxygens (including phenoxy) is 1. The average Bonchev–Trinajstić information content (AvgIpc) is 2.69. The Morgan fingerprint density at radius 1 is 1.00 bits per heavy atom. The molecular weight excluding hydrogens is 400 g/mol. The molecule has 0 aliphatic rings. The highest BCUT2D eigenvalue weighted by Crippen LogP contribution is 2.22. The summed E-state index contributed by atoms with van der Waals surface area (Å²) < 4.78 is 32.7. The van der Waals surface area contributed by atoms with Gasteiger partial charge in [0.1, 0.15) is 5.75 Å². The molecule has 30 heavy (non-hydrogen) atoms. The Morgan fingerprint density at radius 3 is 2.20 bits per heavy atom. The van der Waals surface area contributed by atoms with E-state index in [2.05, 4.69) is 36.0 Å². The van der Waals surface area contributed by atoms with Crippen molar-refractivity contribution < 1.29 is 17.9 Å². The molecule has 2 N–H and O–H groups in total. The minimum Gasteiger partial charge on any atom is -0.484 e. The van der Waals surface area contributed by atoms with Gasteiger partial charge in [-0.3, -0.25) is 4.79 Å². The second-order valence-electron chi connectivity index (χ2n) is 7.77. The Kier molecular flexibility index (Phi) is 8.03. The standard InChI is InChI=1S/C23H32N2O4S/c1-7-18(5)25-30(27,28)21-10-8-20(9-11-21)29-14-23(26)24-19(6)22-13-16(3)15(2)12-17(22)4/h8-13,18-19,25H,7,14H2,1-6H3,(H,24,26)/t18-,19-/m0/s1. The molecule has 2 atom stereocenters. The predicted octanol–water partition coefficient (Wildman–Crippen LogP) is 3.94. The summed E-state index contributed by atoms with van der Waals surface area (Å²) in [6.45, 7) is 11.7. The van der Waals surface area contributed by atoms with Gasteiger partial charge in [0, 0.05) is 6.04 Å². The molecule has 6 nitrogen and oxygen atoms in total. The highest BCUT2D eigenvalue weighted by atomic mass is 32.2. The first-order valence-electron chi connectivity index (χ1n) is 10.2. The van der Waals surface area contributed by atoms with E-state index in [9.17, 15) is 13.2 Å². The quantitative estimate of drug-likeness (QED) is 0.628. The van der Waals surface area contributed by atoms with Crippen LogP contribution in [0.25, 0.3) is 0 Å². The maximum Gasteiger partial charge on any atom is 0.258 e. The van der Waals surface area contributed by atoms with E-state index in [1.54, 1.807) is 12.1 Å². The van der Waals surface area contributed by atoms with E-state index >= 15 is 0 Å². The summed E-state index contributed by atoms with van der Waals surface area (Å²) in [5.41, 5.74) is 4.62. The molecule has 164 valence electrons. The van der Waals surface area contributed by atoms with Crippen LogP contribution in [-0.4, -0.2) is 27.0 Å². The minimum absolute atomic E-state index is 0.139. The highest BCUT2D eigenvalue weighted by molar-refractivity contribution is 7.89. The molecule has 7 heteroatoms. The number of rotatable bonds is 9. The molecule has 1 amide bonds. The average molecular weight is 433 g/mol. The van der Waals surface area contributed by atoms with Crippen LogP contribution in [-0.2, 0) is 14.8 Å². The number of hydrogen-bond acceptors (Lipinski definition) is 4. The molecule has 0 fully saturated rings. The molecule has 0 spiro atoms. The third-order valence-corrected chi connectivity index (χ3v) is 6.80. The largest absolute Gasteiger partial charge is 0.484 e. The van der Waals surface area contributed by atoms with Crippen molar-refractivity contribution in [1.29, 1.82) is 0 Å². The maximum atomic E-state index is 12.3. The third-order valence-electron chi connectivity index (χ3n) is 5.20. The van der Waals surface area contributed by atoms with Crippen LogP contribution in [0, 0.1) is 20.8 Å². The summed E-state index contributed by atoms with van der Waals surface area (Å²) in [7, 11) is -3.56. The summed E-state index contributed by atoms with van der Waals surface area (Å²) in [4.78, 5) is 12.5. The highest BCUT2D eigenvalue weighted by Gasteiger charge is 2.17. The van der Waals surface area contributed by atoms with Gasteiger partial charge in [0.15, 0.2) is 6.61 Å². The van der Waals surface area contributed by atoms with E-state index in [-0.39, 0.29) is 29.5 Å². The smallest absolute Gasteiger partial charge is 0.258 e. The molecule has 0 aliphatic heterocycles. The molecule has 0 aliphatic carbocycles. The number of hydrogen-bond donors (Lipinski definition) is 2. The number of aryl methyl sites for hydroxylation is 3. The second kappa shape index (κ2) is 10.1. The van der Waals surface area contributed by atoms with Gasteiger partial charge >= 0.3 is 0 Å². The van der Waals surface area contributed by atoms with E-state index < -0.39 is 10.0 Å². The molecule has 0 saturated carbocycles. The van der Waals surface area contributed by atoms with Crippen molar-refractivity contribution in [3.05, 3.63) is 58.7 Å². The van der Waals surface area contributed by atoms with Gasteiger partial charge in [0.05, 0.1) is 10.9 Å². The monoisotopic (exact) mass is 432 g/mol. The number of nitrogens with one attached hydrogen (secondary N) is 2. The first-order chi connectivity index (χ1) is 14.0. The molecule has 0 bridgehead atoms. The lowest BCUT2D eigenvalue weighted by atomic mass is 9.96. The predicted molar refractivity (Wildman–Crippen MR) is 119 cm³/mol. The maximum absolute atomic E-state index is 12.3. The minimum atomic E-state index is -3.56. The molecule has 2 rings (SSSR count). The Hall–Kier alpha value is -2.38. The van der Waals surface area contributed by atoms with Crippen molar-refractivity contribution in [3.8, 4) is 5.75 Å². The van der Waals surface area contributed by atoms with Gasteiger partial charge in [0.25, 0.3) is 5.91 Å². The van der Waals surface area contributed by atoms with Gasteiger partial charge in [-0.2, -0.15) is 0 Å². The van der Waals surface area contributed by atoms with E-state index in [1.165, 1.54) is 23.3 Å².